The van der Waals surface area contributed by atoms with Crippen LogP contribution in [0.2, 0.25) is 0 Å². The van der Waals surface area contributed by atoms with Crippen LogP contribution in [0.3, 0.4) is 0 Å². The van der Waals surface area contributed by atoms with Crippen molar-refractivity contribution < 1.29 is 0 Å². The lowest BCUT2D eigenvalue weighted by Gasteiger charge is -2.19. The van der Waals surface area contributed by atoms with E-state index in [4.69, 9.17) is 0 Å². The van der Waals surface area contributed by atoms with Gasteiger partial charge in [0, 0.05) is 35.3 Å². The van der Waals surface area contributed by atoms with Gasteiger partial charge in [-0.15, -0.1) is 0 Å². The average Bonchev–Trinajstić information content (AvgIpc) is 2.65. The van der Waals surface area contributed by atoms with E-state index in [1.807, 2.05) is 35.9 Å². The summed E-state index contributed by atoms with van der Waals surface area (Å²) < 4.78 is 2.19. The first-order valence-corrected chi connectivity index (χ1v) is 7.77. The Labute approximate surface area is 119 Å². The Morgan fingerprint density at radius 2 is 2.11 bits per heavy atom. The van der Waals surface area contributed by atoms with Crippen LogP contribution in [0.25, 0.3) is 10.9 Å². The maximum absolute atomic E-state index is 4.57. The van der Waals surface area contributed by atoms with E-state index in [2.05, 4.69) is 43.8 Å². The molecule has 0 radical (unpaired) electrons. The highest BCUT2D eigenvalue weighted by molar-refractivity contribution is 8.00. The third-order valence-electron chi connectivity index (χ3n) is 3.12. The van der Waals surface area contributed by atoms with Crippen LogP contribution in [-0.4, -0.2) is 25.3 Å². The van der Waals surface area contributed by atoms with E-state index in [1.54, 1.807) is 0 Å². The van der Waals surface area contributed by atoms with Crippen LogP contribution < -0.4 is 0 Å². The van der Waals surface area contributed by atoms with Gasteiger partial charge < -0.3 is 0 Å². The average molecular weight is 277 g/mol. The van der Waals surface area contributed by atoms with Crippen molar-refractivity contribution in [2.75, 3.05) is 5.75 Å². The number of thioether (sulfide) groups is 1. The molecular formula is C15H23N3S. The van der Waals surface area contributed by atoms with Crippen molar-refractivity contribution in [2.45, 2.75) is 44.8 Å². The summed E-state index contributed by atoms with van der Waals surface area (Å²) >= 11 is 2.02. The van der Waals surface area contributed by atoms with Crippen molar-refractivity contribution in [1.29, 1.82) is 0 Å². The minimum Gasteiger partial charge on any atom is -0.275 e. The second-order valence-electron chi connectivity index (χ2n) is 6.12. The van der Waals surface area contributed by atoms with Gasteiger partial charge in [-0.25, -0.2) is 0 Å². The number of hydrogen-bond acceptors (Lipinski definition) is 3. The molecule has 104 valence electrons. The molecule has 0 bridgehead atoms. The highest BCUT2D eigenvalue weighted by Gasteiger charge is 2.13. The Balaban J connectivity index is 2.02. The minimum absolute atomic E-state index is 0.345. The van der Waals surface area contributed by atoms with E-state index < -0.39 is 0 Å². The summed E-state index contributed by atoms with van der Waals surface area (Å²) in [6.45, 7) is 9.04. The molecule has 0 spiro atoms. The molecule has 0 saturated heterocycles. The lowest BCUT2D eigenvalue weighted by molar-refractivity contribution is 0.709. The fourth-order valence-corrected chi connectivity index (χ4v) is 3.10. The predicted octanol–water partition coefficient (Wildman–Crippen LogP) is 3.99. The molecule has 2 aromatic heterocycles. The van der Waals surface area contributed by atoms with E-state index in [1.165, 1.54) is 5.75 Å². The molecule has 4 heteroatoms. The molecule has 2 rings (SSSR count). The minimum atomic E-state index is 0.345. The first-order chi connectivity index (χ1) is 8.85. The molecule has 2 heterocycles. The number of aromatic nitrogens is 3. The highest BCUT2D eigenvalue weighted by atomic mass is 32.2. The SMILES string of the molecule is C[C@@H](CCSC(C)(C)C)c1cc2nn(C)cc2cn1. The van der Waals surface area contributed by atoms with Crippen LogP contribution in [-0.2, 0) is 7.05 Å². The van der Waals surface area contributed by atoms with Crippen molar-refractivity contribution in [3.8, 4) is 0 Å². The maximum atomic E-state index is 4.57. The van der Waals surface area contributed by atoms with Crippen LogP contribution in [0.4, 0.5) is 0 Å². The molecule has 0 N–H and O–H groups in total. The summed E-state index contributed by atoms with van der Waals surface area (Å²) in [6, 6.07) is 2.13. The van der Waals surface area contributed by atoms with Gasteiger partial charge in [0.05, 0.1) is 5.52 Å². The maximum Gasteiger partial charge on any atom is 0.0956 e. The van der Waals surface area contributed by atoms with Crippen molar-refractivity contribution in [1.82, 2.24) is 14.8 Å². The molecule has 0 aromatic carbocycles. The quantitative estimate of drug-likeness (QED) is 0.846. The van der Waals surface area contributed by atoms with Gasteiger partial charge in [0.1, 0.15) is 0 Å². The molecule has 0 saturated carbocycles. The van der Waals surface area contributed by atoms with Crippen LogP contribution in [0.15, 0.2) is 18.5 Å². The van der Waals surface area contributed by atoms with Gasteiger partial charge in [-0.3, -0.25) is 9.67 Å². The Morgan fingerprint density at radius 3 is 2.79 bits per heavy atom. The van der Waals surface area contributed by atoms with Crippen LogP contribution in [0, 0.1) is 0 Å². The molecular weight excluding hydrogens is 254 g/mol. The van der Waals surface area contributed by atoms with Gasteiger partial charge in [0.25, 0.3) is 0 Å². The summed E-state index contributed by atoms with van der Waals surface area (Å²) in [5.74, 6) is 1.66. The Bertz CT molecular complexity index is 554. The molecule has 0 unspecified atom stereocenters. The first kappa shape index (κ1) is 14.4. The standard InChI is InChI=1S/C15H23N3S/c1-11(6-7-19-15(2,3)4)13-8-14-12(9-16-13)10-18(5)17-14/h8-11H,6-7H2,1-5H3/t11-/m0/s1. The number of rotatable bonds is 4. The summed E-state index contributed by atoms with van der Waals surface area (Å²) in [5, 5.41) is 5.56. The van der Waals surface area contributed by atoms with Crippen LogP contribution in [0.1, 0.15) is 45.7 Å². The van der Waals surface area contributed by atoms with E-state index in [-0.39, 0.29) is 0 Å². The summed E-state index contributed by atoms with van der Waals surface area (Å²) in [7, 11) is 1.95. The third-order valence-corrected chi connectivity index (χ3v) is 4.42. The summed E-state index contributed by atoms with van der Waals surface area (Å²) in [5.41, 5.74) is 2.20. The lowest BCUT2D eigenvalue weighted by atomic mass is 10.0. The molecule has 3 nitrogen and oxygen atoms in total. The van der Waals surface area contributed by atoms with Gasteiger partial charge in [0.2, 0.25) is 0 Å². The van der Waals surface area contributed by atoms with E-state index in [0.717, 1.165) is 23.0 Å². The number of hydrogen-bond donors (Lipinski definition) is 0. The molecule has 19 heavy (non-hydrogen) atoms. The second kappa shape index (κ2) is 5.53. The smallest absolute Gasteiger partial charge is 0.0956 e. The largest absolute Gasteiger partial charge is 0.275 e. The molecule has 0 fully saturated rings. The van der Waals surface area contributed by atoms with Gasteiger partial charge in [-0.2, -0.15) is 16.9 Å². The third kappa shape index (κ3) is 3.96. The van der Waals surface area contributed by atoms with E-state index in [9.17, 15) is 0 Å². The summed E-state index contributed by atoms with van der Waals surface area (Å²) in [4.78, 5) is 4.57. The predicted molar refractivity (Wildman–Crippen MR) is 83.8 cm³/mol. The Hall–Kier alpha value is -1.03. The van der Waals surface area contributed by atoms with E-state index in [0.29, 0.717) is 10.7 Å². The lowest BCUT2D eigenvalue weighted by Crippen LogP contribution is -2.09. The Morgan fingerprint density at radius 1 is 1.37 bits per heavy atom. The fourth-order valence-electron chi connectivity index (χ4n) is 2.02. The molecule has 0 aliphatic rings. The zero-order valence-electron chi connectivity index (χ0n) is 12.5. The van der Waals surface area contributed by atoms with Crippen LogP contribution in [0.5, 0.6) is 0 Å². The van der Waals surface area contributed by atoms with Crippen molar-refractivity contribution in [3.63, 3.8) is 0 Å². The zero-order chi connectivity index (χ0) is 14.0. The molecule has 2 aromatic rings. The fraction of sp³-hybridized carbons (Fsp3) is 0.600. The van der Waals surface area contributed by atoms with Crippen molar-refractivity contribution in [3.05, 3.63) is 24.2 Å². The van der Waals surface area contributed by atoms with Crippen molar-refractivity contribution in [2.24, 2.45) is 7.05 Å². The number of nitrogens with zero attached hydrogens (tertiary/aromatic N) is 3. The first-order valence-electron chi connectivity index (χ1n) is 6.78. The van der Waals surface area contributed by atoms with Crippen molar-refractivity contribution >= 4 is 22.7 Å². The second-order valence-corrected chi connectivity index (χ2v) is 8.04. The number of fused-ring (bicyclic) bond motifs is 1. The number of aryl methyl sites for hydroxylation is 1. The summed E-state index contributed by atoms with van der Waals surface area (Å²) in [6.07, 6.45) is 5.10. The van der Waals surface area contributed by atoms with E-state index >= 15 is 0 Å². The van der Waals surface area contributed by atoms with Gasteiger partial charge in [-0.05, 0) is 24.2 Å². The molecule has 0 amide bonds. The van der Waals surface area contributed by atoms with Gasteiger partial charge >= 0.3 is 0 Å². The topological polar surface area (TPSA) is 30.7 Å². The Kier molecular flexibility index (Phi) is 4.19. The van der Waals surface area contributed by atoms with Gasteiger partial charge in [-0.1, -0.05) is 27.7 Å². The van der Waals surface area contributed by atoms with Crippen LogP contribution >= 0.6 is 11.8 Å². The zero-order valence-corrected chi connectivity index (χ0v) is 13.3. The normalized spacial score (nSPS) is 13.9. The molecule has 0 aliphatic carbocycles. The number of pyridine rings is 1. The molecule has 1 atom stereocenters. The monoisotopic (exact) mass is 277 g/mol. The highest BCUT2D eigenvalue weighted by Crippen LogP contribution is 2.28. The molecule has 0 aliphatic heterocycles. The van der Waals surface area contributed by atoms with Gasteiger partial charge in [0.15, 0.2) is 0 Å².